The average Bonchev–Trinajstić information content (AvgIpc) is 3.33. The van der Waals surface area contributed by atoms with Crippen LogP contribution >= 0.6 is 23.1 Å². The number of amides is 4. The Morgan fingerprint density at radius 1 is 1.12 bits per heavy atom. The zero-order valence-electron chi connectivity index (χ0n) is 18.2. The van der Waals surface area contributed by atoms with Crippen LogP contribution in [0.4, 0.5) is 15.6 Å². The largest absolute Gasteiger partial charge is 0.344 e. The van der Waals surface area contributed by atoms with Crippen molar-refractivity contribution >= 4 is 51.8 Å². The molecule has 3 aromatic rings. The predicted molar refractivity (Wildman–Crippen MR) is 127 cm³/mol. The van der Waals surface area contributed by atoms with Gasteiger partial charge in [-0.15, -0.1) is 10.2 Å². The van der Waals surface area contributed by atoms with Gasteiger partial charge in [0, 0.05) is 5.69 Å². The van der Waals surface area contributed by atoms with Crippen LogP contribution in [0, 0.1) is 13.8 Å². The molecule has 0 aliphatic carbocycles. The van der Waals surface area contributed by atoms with E-state index in [-0.39, 0.29) is 5.75 Å². The van der Waals surface area contributed by atoms with E-state index in [0.717, 1.165) is 10.7 Å². The van der Waals surface area contributed by atoms with Gasteiger partial charge >= 0.3 is 6.03 Å². The Kier molecular flexibility index (Phi) is 6.34. The molecule has 1 aliphatic rings. The molecule has 11 heteroatoms. The lowest BCUT2D eigenvalue weighted by Crippen LogP contribution is -2.48. The van der Waals surface area contributed by atoms with E-state index < -0.39 is 23.4 Å². The Balaban J connectivity index is 1.33. The third-order valence-corrected chi connectivity index (χ3v) is 7.24. The van der Waals surface area contributed by atoms with Crippen molar-refractivity contribution in [2.75, 3.05) is 11.1 Å². The number of aromatic nitrogens is 2. The Hall–Kier alpha value is -3.44. The number of aryl methyl sites for hydroxylation is 2. The molecule has 3 N–H and O–H groups in total. The smallest absolute Gasteiger partial charge is 0.330 e. The molecule has 4 rings (SSSR count). The minimum Gasteiger partial charge on any atom is -0.330 e. The first-order valence-corrected chi connectivity index (χ1v) is 11.9. The van der Waals surface area contributed by atoms with E-state index >= 15 is 0 Å². The fourth-order valence-corrected chi connectivity index (χ4v) is 4.82. The highest BCUT2D eigenvalue weighted by Gasteiger charge is 2.49. The maximum Gasteiger partial charge on any atom is 0.344 e. The lowest BCUT2D eigenvalue weighted by Gasteiger charge is -2.22. The van der Waals surface area contributed by atoms with Crippen molar-refractivity contribution in [3.63, 3.8) is 0 Å². The highest BCUT2D eigenvalue weighted by Crippen LogP contribution is 2.29. The summed E-state index contributed by atoms with van der Waals surface area (Å²) in [7, 11) is 0. The van der Waals surface area contributed by atoms with Crippen molar-refractivity contribution < 1.29 is 14.4 Å². The summed E-state index contributed by atoms with van der Waals surface area (Å²) in [5, 5.41) is 15.4. The number of carbonyl (C=O) groups is 3. The van der Waals surface area contributed by atoms with Gasteiger partial charge in [-0.3, -0.25) is 15.0 Å². The Bertz CT molecular complexity index is 1220. The van der Waals surface area contributed by atoms with Crippen LogP contribution in [0.3, 0.4) is 0 Å². The topological polar surface area (TPSA) is 116 Å². The zero-order chi connectivity index (χ0) is 23.6. The molecule has 2 heterocycles. The number of anilines is 2. The van der Waals surface area contributed by atoms with Crippen molar-refractivity contribution in [2.24, 2.45) is 0 Å². The molecule has 4 amide bonds. The monoisotopic (exact) mass is 482 g/mol. The van der Waals surface area contributed by atoms with Crippen molar-refractivity contribution in [3.05, 3.63) is 65.2 Å². The third kappa shape index (κ3) is 4.83. The van der Waals surface area contributed by atoms with E-state index in [9.17, 15) is 14.4 Å². The van der Waals surface area contributed by atoms with Crippen LogP contribution in [0.1, 0.15) is 23.6 Å². The lowest BCUT2D eigenvalue weighted by molar-refractivity contribution is -0.138. The van der Waals surface area contributed by atoms with E-state index in [2.05, 4.69) is 26.3 Å². The summed E-state index contributed by atoms with van der Waals surface area (Å²) < 4.78 is 0.586. The minimum atomic E-state index is -1.24. The first kappa shape index (κ1) is 22.7. The second-order valence-electron chi connectivity index (χ2n) is 7.68. The Labute approximate surface area is 198 Å². The fraction of sp³-hybridized carbons (Fsp3) is 0.227. The SMILES string of the molecule is Cc1ccc(Nc2nnc(SCC(=O)NN3C(=O)NC(C)(c4ccccc4)C3=O)s2)cc1C. The number of hydrogen-bond donors (Lipinski definition) is 3. The molecule has 0 spiro atoms. The number of nitrogens with one attached hydrogen (secondary N) is 3. The molecule has 1 saturated heterocycles. The molecule has 1 unspecified atom stereocenters. The molecular weight excluding hydrogens is 460 g/mol. The predicted octanol–water partition coefficient (Wildman–Crippen LogP) is 3.49. The molecule has 170 valence electrons. The van der Waals surface area contributed by atoms with Gasteiger partial charge < -0.3 is 10.6 Å². The molecule has 0 radical (unpaired) electrons. The van der Waals surface area contributed by atoms with Gasteiger partial charge in [-0.05, 0) is 49.6 Å². The van der Waals surface area contributed by atoms with E-state index in [0.29, 0.717) is 15.0 Å². The van der Waals surface area contributed by atoms with Gasteiger partial charge in [-0.25, -0.2) is 4.79 Å². The van der Waals surface area contributed by atoms with Crippen molar-refractivity contribution in [2.45, 2.75) is 30.6 Å². The first-order chi connectivity index (χ1) is 15.8. The van der Waals surface area contributed by atoms with Gasteiger partial charge in [0.25, 0.3) is 5.91 Å². The fourth-order valence-electron chi connectivity index (χ4n) is 3.25. The van der Waals surface area contributed by atoms with Crippen LogP contribution < -0.4 is 16.1 Å². The minimum absolute atomic E-state index is 0.0304. The lowest BCUT2D eigenvalue weighted by atomic mass is 9.92. The van der Waals surface area contributed by atoms with E-state index in [1.807, 2.05) is 38.1 Å². The van der Waals surface area contributed by atoms with Crippen molar-refractivity contribution in [3.8, 4) is 0 Å². The van der Waals surface area contributed by atoms with Crippen molar-refractivity contribution in [1.82, 2.24) is 25.9 Å². The molecule has 1 aliphatic heterocycles. The van der Waals surface area contributed by atoms with Gasteiger partial charge in [0.05, 0.1) is 5.75 Å². The Morgan fingerprint density at radius 2 is 1.88 bits per heavy atom. The molecule has 1 aromatic heterocycles. The van der Waals surface area contributed by atoms with E-state index in [1.165, 1.54) is 34.2 Å². The summed E-state index contributed by atoms with van der Waals surface area (Å²) in [6.07, 6.45) is 0. The van der Waals surface area contributed by atoms with Crippen LogP contribution in [-0.4, -0.2) is 38.8 Å². The molecular formula is C22H22N6O3S2. The maximum absolute atomic E-state index is 12.9. The molecule has 33 heavy (non-hydrogen) atoms. The van der Waals surface area contributed by atoms with Crippen LogP contribution in [0.15, 0.2) is 52.9 Å². The number of rotatable bonds is 7. The molecule has 9 nitrogen and oxygen atoms in total. The molecule has 0 bridgehead atoms. The second kappa shape index (κ2) is 9.20. The second-order valence-corrected chi connectivity index (χ2v) is 9.88. The number of urea groups is 1. The number of benzene rings is 2. The van der Waals surface area contributed by atoms with Crippen LogP contribution in [-0.2, 0) is 15.1 Å². The summed E-state index contributed by atoms with van der Waals surface area (Å²) >= 11 is 2.48. The van der Waals surface area contributed by atoms with Gasteiger partial charge in [0.2, 0.25) is 11.0 Å². The summed E-state index contributed by atoms with van der Waals surface area (Å²) in [4.78, 5) is 37.6. The van der Waals surface area contributed by atoms with Gasteiger partial charge in [0.15, 0.2) is 4.34 Å². The van der Waals surface area contributed by atoms with Gasteiger partial charge in [-0.1, -0.05) is 59.5 Å². The quantitative estimate of drug-likeness (QED) is 0.349. The summed E-state index contributed by atoms with van der Waals surface area (Å²) in [6.45, 7) is 5.69. The van der Waals surface area contributed by atoms with Gasteiger partial charge in [-0.2, -0.15) is 5.01 Å². The van der Waals surface area contributed by atoms with E-state index in [1.54, 1.807) is 31.2 Å². The first-order valence-electron chi connectivity index (χ1n) is 10.1. The number of nitrogens with zero attached hydrogens (tertiary/aromatic N) is 3. The molecule has 2 aromatic carbocycles. The van der Waals surface area contributed by atoms with Gasteiger partial charge in [0.1, 0.15) is 5.54 Å². The zero-order valence-corrected chi connectivity index (χ0v) is 19.8. The third-order valence-electron chi connectivity index (χ3n) is 5.27. The van der Waals surface area contributed by atoms with Crippen molar-refractivity contribution in [1.29, 1.82) is 0 Å². The standard InChI is InChI=1S/C22H22N6O3S2/c1-13-9-10-16(11-14(13)2)23-19-25-26-21(33-19)32-12-17(29)27-28-18(30)22(3,24-20(28)31)15-7-5-4-6-8-15/h4-11H,12H2,1-3H3,(H,23,25)(H,24,31)(H,27,29). The Morgan fingerprint density at radius 3 is 2.61 bits per heavy atom. The van der Waals surface area contributed by atoms with Crippen LogP contribution in [0.2, 0.25) is 0 Å². The van der Waals surface area contributed by atoms with E-state index in [4.69, 9.17) is 0 Å². The number of imide groups is 1. The molecule has 0 saturated carbocycles. The molecule has 1 fully saturated rings. The highest BCUT2D eigenvalue weighted by molar-refractivity contribution is 8.01. The summed E-state index contributed by atoms with van der Waals surface area (Å²) in [5.41, 5.74) is 5.05. The number of hydrogen-bond acceptors (Lipinski definition) is 8. The summed E-state index contributed by atoms with van der Waals surface area (Å²) in [5.74, 6) is -1.08. The highest BCUT2D eigenvalue weighted by atomic mass is 32.2. The number of hydrazine groups is 1. The van der Waals surface area contributed by atoms with Crippen LogP contribution in [0.5, 0.6) is 0 Å². The summed E-state index contributed by atoms with van der Waals surface area (Å²) in [6, 6.07) is 14.2. The average molecular weight is 483 g/mol. The number of thioether (sulfide) groups is 1. The molecule has 1 atom stereocenters. The van der Waals surface area contributed by atoms with Crippen LogP contribution in [0.25, 0.3) is 0 Å². The normalized spacial score (nSPS) is 17.7. The number of carbonyl (C=O) groups excluding carboxylic acids is 3. The maximum atomic E-state index is 12.9.